The van der Waals surface area contributed by atoms with E-state index in [0.717, 1.165) is 30.9 Å². The van der Waals surface area contributed by atoms with Crippen LogP contribution in [0.1, 0.15) is 46.1 Å². The predicted octanol–water partition coefficient (Wildman–Crippen LogP) is 3.68. The summed E-state index contributed by atoms with van der Waals surface area (Å²) in [5, 5.41) is 29.7. The Morgan fingerprint density at radius 2 is 1.87 bits per heavy atom. The number of phenols is 1. The molecule has 0 unspecified atom stereocenters. The highest BCUT2D eigenvalue weighted by molar-refractivity contribution is 5.83. The molecule has 1 aromatic carbocycles. The Bertz CT molecular complexity index is 984. The Morgan fingerprint density at radius 1 is 1.23 bits per heavy atom. The number of anilines is 1. The predicted molar refractivity (Wildman–Crippen MR) is 123 cm³/mol. The molecule has 1 aliphatic rings. The van der Waals surface area contributed by atoms with Gasteiger partial charge in [-0.25, -0.2) is 4.39 Å². The van der Waals surface area contributed by atoms with Gasteiger partial charge in [0, 0.05) is 53.3 Å². The van der Waals surface area contributed by atoms with Crippen LogP contribution in [-0.4, -0.2) is 45.7 Å². The number of rotatable bonds is 5. The fraction of sp³-hybridized carbons (Fsp3) is 0.435. The van der Waals surface area contributed by atoms with Crippen LogP contribution in [0.4, 0.5) is 10.2 Å². The van der Waals surface area contributed by atoms with Crippen LogP contribution >= 0.6 is 0 Å². The van der Waals surface area contributed by atoms with E-state index in [1.807, 2.05) is 13.1 Å². The van der Waals surface area contributed by atoms with Crippen LogP contribution in [0.15, 0.2) is 30.3 Å². The first-order valence-electron chi connectivity index (χ1n) is 10.3. The summed E-state index contributed by atoms with van der Waals surface area (Å²) < 4.78 is 14.2. The van der Waals surface area contributed by atoms with Crippen molar-refractivity contribution in [2.75, 3.05) is 11.9 Å². The molecule has 1 fully saturated rings. The first kappa shape index (κ1) is 22.7. The minimum atomic E-state index is -0.669. The summed E-state index contributed by atoms with van der Waals surface area (Å²) in [5.41, 5.74) is 6.77. The molecule has 5 N–H and O–H groups in total. The van der Waals surface area contributed by atoms with Crippen molar-refractivity contribution in [2.45, 2.75) is 57.7 Å². The van der Waals surface area contributed by atoms with Gasteiger partial charge in [0.2, 0.25) is 0 Å². The van der Waals surface area contributed by atoms with Crippen molar-refractivity contribution in [1.82, 2.24) is 15.5 Å². The first-order valence-corrected chi connectivity index (χ1v) is 10.3. The third-order valence-electron chi connectivity index (χ3n) is 5.66. The van der Waals surface area contributed by atoms with Gasteiger partial charge in [-0.05, 0) is 64.8 Å². The topological polar surface area (TPSA) is 111 Å². The lowest BCUT2D eigenvalue weighted by atomic mass is 9.79. The molecule has 2 aromatic rings. The Morgan fingerprint density at radius 3 is 2.42 bits per heavy atom. The quantitative estimate of drug-likeness (QED) is 0.543. The van der Waals surface area contributed by atoms with Crippen molar-refractivity contribution in [3.63, 3.8) is 0 Å². The maximum Gasteiger partial charge on any atom is 0.151 e. The molecule has 1 aromatic heterocycles. The van der Waals surface area contributed by atoms with E-state index in [2.05, 4.69) is 48.1 Å². The van der Waals surface area contributed by atoms with Gasteiger partial charge in [-0.2, -0.15) is 0 Å². The molecule has 0 atom stereocenters. The maximum atomic E-state index is 14.2. The van der Waals surface area contributed by atoms with Crippen LogP contribution in [0.2, 0.25) is 0 Å². The van der Waals surface area contributed by atoms with E-state index >= 15 is 0 Å². The second-order valence-corrected chi connectivity index (χ2v) is 9.48. The smallest absolute Gasteiger partial charge is 0.151 e. The largest absolute Gasteiger partial charge is 0.507 e. The van der Waals surface area contributed by atoms with Crippen molar-refractivity contribution >= 4 is 17.7 Å². The number of benzene rings is 1. The lowest BCUT2D eigenvalue weighted by molar-refractivity contribution is 0.160. The second-order valence-electron chi connectivity index (χ2n) is 9.48. The zero-order chi connectivity index (χ0) is 23.0. The molecule has 166 valence electrons. The minimum absolute atomic E-state index is 0.00821. The number of aromatic hydroxyl groups is 1. The zero-order valence-electron chi connectivity index (χ0n) is 18.7. The Labute approximate surface area is 182 Å². The average Bonchev–Trinajstić information content (AvgIpc) is 2.65. The molecule has 7 nitrogen and oxygen atoms in total. The molecule has 0 bridgehead atoms. The monoisotopic (exact) mass is 426 g/mol. The molecule has 8 heteroatoms. The SMILES string of the molecule is CN(c1ccc(-c2cc(/C(N)=C/C=N)c(F)cc2O)nn1)C1CC(C)(C)NC(C)(C)C1. The van der Waals surface area contributed by atoms with E-state index < -0.39 is 5.82 Å². The number of allylic oxidation sites excluding steroid dienone is 1. The molecule has 3 rings (SSSR count). The van der Waals surface area contributed by atoms with Crippen LogP contribution in [0.5, 0.6) is 5.75 Å². The van der Waals surface area contributed by atoms with Crippen molar-refractivity contribution in [3.05, 3.63) is 41.7 Å². The van der Waals surface area contributed by atoms with Gasteiger partial charge in [-0.15, -0.1) is 10.2 Å². The van der Waals surface area contributed by atoms with Gasteiger partial charge in [0.05, 0.1) is 5.69 Å². The van der Waals surface area contributed by atoms with Gasteiger partial charge in [-0.3, -0.25) is 0 Å². The summed E-state index contributed by atoms with van der Waals surface area (Å²) in [6.45, 7) is 8.82. The van der Waals surface area contributed by atoms with Gasteiger partial charge < -0.3 is 26.5 Å². The highest BCUT2D eigenvalue weighted by Gasteiger charge is 2.39. The molecule has 0 saturated carbocycles. The molecule has 0 amide bonds. The number of hydrogen-bond donors (Lipinski definition) is 4. The molecule has 0 spiro atoms. The molecule has 31 heavy (non-hydrogen) atoms. The zero-order valence-corrected chi connectivity index (χ0v) is 18.7. The van der Waals surface area contributed by atoms with Gasteiger partial charge in [0.1, 0.15) is 11.6 Å². The molecule has 1 aliphatic heterocycles. The summed E-state index contributed by atoms with van der Waals surface area (Å²) in [4.78, 5) is 2.14. The van der Waals surface area contributed by atoms with Gasteiger partial charge in [0.15, 0.2) is 5.82 Å². The first-order chi connectivity index (χ1) is 14.4. The van der Waals surface area contributed by atoms with E-state index in [4.69, 9.17) is 11.1 Å². The van der Waals surface area contributed by atoms with Crippen LogP contribution < -0.4 is 16.0 Å². The van der Waals surface area contributed by atoms with E-state index in [1.165, 1.54) is 12.1 Å². The maximum absolute atomic E-state index is 14.2. The summed E-state index contributed by atoms with van der Waals surface area (Å²) >= 11 is 0. The summed E-state index contributed by atoms with van der Waals surface area (Å²) in [5.74, 6) is -0.189. The Balaban J connectivity index is 1.89. The lowest BCUT2D eigenvalue weighted by Gasteiger charge is -2.49. The number of piperidine rings is 1. The van der Waals surface area contributed by atoms with Crippen molar-refractivity contribution in [1.29, 1.82) is 5.41 Å². The van der Waals surface area contributed by atoms with E-state index in [0.29, 0.717) is 17.3 Å². The standard InChI is InChI=1S/C23H31FN6O/c1-22(2)12-14(13-23(3,4)29-22)30(5)21-7-6-19(27-28-21)16-10-15(18(26)8-9-25)17(24)11-20(16)31/h6-11,14,25,29,31H,12-13,26H2,1-5H3/b18-8-,25-9?. The third-order valence-corrected chi connectivity index (χ3v) is 5.66. The van der Waals surface area contributed by atoms with Crippen LogP contribution in [0, 0.1) is 11.2 Å². The minimum Gasteiger partial charge on any atom is -0.507 e. The molecular weight excluding hydrogens is 395 g/mol. The Kier molecular flexibility index (Phi) is 6.04. The number of hydrogen-bond acceptors (Lipinski definition) is 7. The lowest BCUT2D eigenvalue weighted by Crippen LogP contribution is -2.62. The molecule has 0 radical (unpaired) electrons. The van der Waals surface area contributed by atoms with E-state index in [1.54, 1.807) is 6.07 Å². The Hall–Kier alpha value is -3.00. The molecule has 2 heterocycles. The van der Waals surface area contributed by atoms with Crippen molar-refractivity contribution in [2.24, 2.45) is 5.73 Å². The van der Waals surface area contributed by atoms with E-state index in [9.17, 15) is 9.50 Å². The van der Waals surface area contributed by atoms with E-state index in [-0.39, 0.29) is 28.1 Å². The summed E-state index contributed by atoms with van der Waals surface area (Å²) in [6.07, 6.45) is 4.20. The van der Waals surface area contributed by atoms with Crippen molar-refractivity contribution in [3.8, 4) is 17.0 Å². The van der Waals surface area contributed by atoms with Crippen LogP contribution in [0.3, 0.4) is 0 Å². The number of nitrogens with one attached hydrogen (secondary N) is 2. The summed E-state index contributed by atoms with van der Waals surface area (Å²) in [6, 6.07) is 6.32. The number of nitrogens with two attached hydrogens (primary N) is 1. The number of halogens is 1. The average molecular weight is 427 g/mol. The second kappa shape index (κ2) is 8.26. The van der Waals surface area contributed by atoms with Gasteiger partial charge in [-0.1, -0.05) is 0 Å². The summed E-state index contributed by atoms with van der Waals surface area (Å²) in [7, 11) is 2.02. The van der Waals surface area contributed by atoms with Gasteiger partial charge >= 0.3 is 0 Å². The molecule has 1 saturated heterocycles. The van der Waals surface area contributed by atoms with Gasteiger partial charge in [0.25, 0.3) is 0 Å². The molecular formula is C23H31FN6O. The molecule has 0 aliphatic carbocycles. The fourth-order valence-electron chi connectivity index (χ4n) is 4.56. The fourth-order valence-corrected chi connectivity index (χ4v) is 4.56. The number of phenolic OH excluding ortho intramolecular Hbond substituents is 1. The number of nitrogens with zero attached hydrogens (tertiary/aromatic N) is 3. The third kappa shape index (κ3) is 5.02. The van der Waals surface area contributed by atoms with Crippen molar-refractivity contribution < 1.29 is 9.50 Å². The highest BCUT2D eigenvalue weighted by Crippen LogP contribution is 2.34. The van der Waals surface area contributed by atoms with Crippen LogP contribution in [0.25, 0.3) is 17.0 Å². The number of aromatic nitrogens is 2. The normalized spacial score (nSPS) is 18.6. The highest BCUT2D eigenvalue weighted by atomic mass is 19.1. The van der Waals surface area contributed by atoms with Crippen LogP contribution in [-0.2, 0) is 0 Å².